The zero-order chi connectivity index (χ0) is 10.8. The van der Waals surface area contributed by atoms with Crippen molar-refractivity contribution in [2.75, 3.05) is 13.1 Å². The Bertz CT molecular complexity index is 328. The molecule has 0 aromatic heterocycles. The average Bonchev–Trinajstić information content (AvgIpc) is 2.17. The maximum atomic E-state index is 6.00. The first-order valence-corrected chi connectivity index (χ1v) is 6.74. The SMILES string of the molecule is Clc1cc(Cl)cc(C2CCN(I)CC2)c1. The van der Waals surface area contributed by atoms with Crippen LogP contribution in [-0.4, -0.2) is 16.2 Å². The normalized spacial score (nSPS) is 19.4. The van der Waals surface area contributed by atoms with E-state index in [-0.39, 0.29) is 0 Å². The van der Waals surface area contributed by atoms with Crippen molar-refractivity contribution in [3.63, 3.8) is 0 Å². The fourth-order valence-electron chi connectivity index (χ4n) is 1.99. The molecule has 1 aliphatic heterocycles. The van der Waals surface area contributed by atoms with E-state index in [4.69, 9.17) is 23.2 Å². The highest BCUT2D eigenvalue weighted by molar-refractivity contribution is 14.1. The monoisotopic (exact) mass is 355 g/mol. The van der Waals surface area contributed by atoms with Crippen LogP contribution in [0.15, 0.2) is 18.2 Å². The number of rotatable bonds is 1. The Balaban J connectivity index is 2.15. The van der Waals surface area contributed by atoms with E-state index in [1.807, 2.05) is 12.1 Å². The number of halogens is 3. The van der Waals surface area contributed by atoms with Crippen molar-refractivity contribution < 1.29 is 0 Å². The smallest absolute Gasteiger partial charge is 0.0423 e. The predicted molar refractivity (Wildman–Crippen MR) is 74.0 cm³/mol. The topological polar surface area (TPSA) is 3.24 Å². The van der Waals surface area contributed by atoms with Crippen molar-refractivity contribution >= 4 is 46.1 Å². The molecule has 0 radical (unpaired) electrons. The van der Waals surface area contributed by atoms with E-state index in [2.05, 4.69) is 26.0 Å². The van der Waals surface area contributed by atoms with Gasteiger partial charge in [-0.05, 0) is 42.5 Å². The molecule has 0 N–H and O–H groups in total. The molecule has 1 aliphatic rings. The van der Waals surface area contributed by atoms with Crippen LogP contribution in [0, 0.1) is 0 Å². The van der Waals surface area contributed by atoms with Crippen LogP contribution in [0.3, 0.4) is 0 Å². The van der Waals surface area contributed by atoms with Gasteiger partial charge in [0.15, 0.2) is 0 Å². The van der Waals surface area contributed by atoms with E-state index in [0.29, 0.717) is 5.92 Å². The van der Waals surface area contributed by atoms with Gasteiger partial charge in [0.05, 0.1) is 0 Å². The number of nitrogens with zero attached hydrogens (tertiary/aromatic N) is 1. The molecule has 0 aliphatic carbocycles. The fraction of sp³-hybridized carbons (Fsp3) is 0.455. The number of hydrogen-bond donors (Lipinski definition) is 0. The van der Waals surface area contributed by atoms with E-state index in [9.17, 15) is 0 Å². The Labute approximate surface area is 114 Å². The third-order valence-corrected chi connectivity index (χ3v) is 4.20. The lowest BCUT2D eigenvalue weighted by atomic mass is 9.90. The lowest BCUT2D eigenvalue weighted by molar-refractivity contribution is 0.369. The van der Waals surface area contributed by atoms with Crippen LogP contribution in [0.1, 0.15) is 24.3 Å². The minimum atomic E-state index is 0.618. The van der Waals surface area contributed by atoms with Crippen molar-refractivity contribution in [1.82, 2.24) is 3.11 Å². The van der Waals surface area contributed by atoms with Crippen LogP contribution in [-0.2, 0) is 0 Å². The zero-order valence-electron chi connectivity index (χ0n) is 8.22. The van der Waals surface area contributed by atoms with Crippen molar-refractivity contribution in [3.05, 3.63) is 33.8 Å². The highest BCUT2D eigenvalue weighted by Crippen LogP contribution is 2.32. The van der Waals surface area contributed by atoms with Gasteiger partial charge in [-0.15, -0.1) is 0 Å². The van der Waals surface area contributed by atoms with Gasteiger partial charge in [0.2, 0.25) is 0 Å². The largest absolute Gasteiger partial charge is 0.248 e. The number of benzene rings is 1. The first kappa shape index (κ1) is 12.0. The molecule has 0 unspecified atom stereocenters. The molecule has 4 heteroatoms. The van der Waals surface area contributed by atoms with Crippen LogP contribution in [0.2, 0.25) is 10.0 Å². The van der Waals surface area contributed by atoms with Crippen molar-refractivity contribution in [2.24, 2.45) is 0 Å². The summed E-state index contributed by atoms with van der Waals surface area (Å²) in [6.07, 6.45) is 2.39. The maximum absolute atomic E-state index is 6.00. The number of piperidine rings is 1. The summed E-state index contributed by atoms with van der Waals surface area (Å²) in [4.78, 5) is 0. The van der Waals surface area contributed by atoms with Crippen LogP contribution < -0.4 is 0 Å². The molecule has 1 aromatic rings. The highest BCUT2D eigenvalue weighted by Gasteiger charge is 2.19. The van der Waals surface area contributed by atoms with E-state index < -0.39 is 0 Å². The van der Waals surface area contributed by atoms with Crippen LogP contribution in [0.4, 0.5) is 0 Å². The summed E-state index contributed by atoms with van der Waals surface area (Å²) in [6.45, 7) is 2.30. The molecule has 0 amide bonds. The first-order chi connectivity index (χ1) is 7.15. The molecule has 82 valence electrons. The summed E-state index contributed by atoms with van der Waals surface area (Å²) in [7, 11) is 0. The quantitative estimate of drug-likeness (QED) is 0.528. The van der Waals surface area contributed by atoms with Gasteiger partial charge in [0, 0.05) is 46.0 Å². The van der Waals surface area contributed by atoms with Crippen LogP contribution >= 0.6 is 46.1 Å². The highest BCUT2D eigenvalue weighted by atomic mass is 127. The molecule has 0 bridgehead atoms. The fourth-order valence-corrected chi connectivity index (χ4v) is 3.09. The summed E-state index contributed by atoms with van der Waals surface area (Å²) in [6, 6.07) is 5.88. The molecule has 0 saturated carbocycles. The maximum Gasteiger partial charge on any atom is 0.0423 e. The van der Waals surface area contributed by atoms with Crippen molar-refractivity contribution in [2.45, 2.75) is 18.8 Å². The molecule has 1 fully saturated rings. The van der Waals surface area contributed by atoms with E-state index >= 15 is 0 Å². The van der Waals surface area contributed by atoms with Gasteiger partial charge in [-0.2, -0.15) is 0 Å². The predicted octanol–water partition coefficient (Wildman–Crippen LogP) is 4.52. The Morgan fingerprint density at radius 3 is 2.13 bits per heavy atom. The third-order valence-electron chi connectivity index (χ3n) is 2.80. The lowest BCUT2D eigenvalue weighted by Crippen LogP contribution is -2.24. The van der Waals surface area contributed by atoms with Gasteiger partial charge < -0.3 is 0 Å². The summed E-state index contributed by atoms with van der Waals surface area (Å²) >= 11 is 14.4. The molecule has 1 saturated heterocycles. The molecule has 0 atom stereocenters. The molecular weight excluding hydrogens is 344 g/mol. The second-order valence-electron chi connectivity index (χ2n) is 3.89. The van der Waals surface area contributed by atoms with E-state index in [1.54, 1.807) is 6.07 Å². The van der Waals surface area contributed by atoms with Crippen LogP contribution in [0.5, 0.6) is 0 Å². The third kappa shape index (κ3) is 3.22. The minimum absolute atomic E-state index is 0.618. The van der Waals surface area contributed by atoms with E-state index in [0.717, 1.165) is 23.1 Å². The van der Waals surface area contributed by atoms with Gasteiger partial charge in [0.1, 0.15) is 0 Å². The Morgan fingerprint density at radius 2 is 1.60 bits per heavy atom. The summed E-state index contributed by atoms with van der Waals surface area (Å²) in [5.74, 6) is 0.618. The van der Waals surface area contributed by atoms with Gasteiger partial charge in [-0.25, -0.2) is 3.11 Å². The van der Waals surface area contributed by atoms with Crippen molar-refractivity contribution in [3.8, 4) is 0 Å². The Morgan fingerprint density at radius 1 is 1.07 bits per heavy atom. The molecule has 15 heavy (non-hydrogen) atoms. The Kier molecular flexibility index (Phi) is 4.16. The molecule has 1 heterocycles. The van der Waals surface area contributed by atoms with Crippen molar-refractivity contribution in [1.29, 1.82) is 0 Å². The van der Waals surface area contributed by atoms with Gasteiger partial charge in [-0.3, -0.25) is 0 Å². The standard InChI is InChI=1S/C11H12Cl2IN/c12-10-5-9(6-11(13)7-10)8-1-3-15(14)4-2-8/h5-8H,1-4H2. The molecule has 2 rings (SSSR count). The van der Waals surface area contributed by atoms with Gasteiger partial charge in [-0.1, -0.05) is 23.2 Å². The second-order valence-corrected chi connectivity index (χ2v) is 6.12. The number of hydrogen-bond acceptors (Lipinski definition) is 1. The second kappa shape index (κ2) is 5.21. The molecule has 1 aromatic carbocycles. The molecule has 1 nitrogen and oxygen atoms in total. The minimum Gasteiger partial charge on any atom is -0.248 e. The van der Waals surface area contributed by atoms with Gasteiger partial charge in [0.25, 0.3) is 0 Å². The van der Waals surface area contributed by atoms with Crippen LogP contribution in [0.25, 0.3) is 0 Å². The Hall–Kier alpha value is 0.490. The average molecular weight is 356 g/mol. The van der Waals surface area contributed by atoms with E-state index in [1.165, 1.54) is 18.4 Å². The zero-order valence-corrected chi connectivity index (χ0v) is 11.9. The molecule has 0 spiro atoms. The summed E-state index contributed by atoms with van der Waals surface area (Å²) < 4.78 is 2.33. The first-order valence-electron chi connectivity index (χ1n) is 5.02. The molecular formula is C11H12Cl2IN. The lowest BCUT2D eigenvalue weighted by Gasteiger charge is -2.27. The van der Waals surface area contributed by atoms with Gasteiger partial charge >= 0.3 is 0 Å². The summed E-state index contributed by atoms with van der Waals surface area (Å²) in [5.41, 5.74) is 1.29. The summed E-state index contributed by atoms with van der Waals surface area (Å²) in [5, 5.41) is 1.49.